The molecule has 0 aromatic heterocycles. The summed E-state index contributed by atoms with van der Waals surface area (Å²) in [6, 6.07) is 13.8. The number of nitrogens with zero attached hydrogens (tertiary/aromatic N) is 1. The van der Waals surface area contributed by atoms with Gasteiger partial charge in [0, 0.05) is 18.0 Å². The van der Waals surface area contributed by atoms with Crippen LogP contribution in [0.2, 0.25) is 0 Å². The molecule has 0 saturated carbocycles. The van der Waals surface area contributed by atoms with Crippen LogP contribution in [0.4, 0.5) is 4.39 Å². The fraction of sp³-hybridized carbons (Fsp3) is 0.333. The number of carbonyl (C=O) groups is 2. The number of halogens is 1. The minimum Gasteiger partial charge on any atom is -0.460 e. The molecular formula is C24H26FNO3. The van der Waals surface area contributed by atoms with Crippen LogP contribution in [0.3, 0.4) is 0 Å². The van der Waals surface area contributed by atoms with Gasteiger partial charge in [-0.1, -0.05) is 36.4 Å². The predicted molar refractivity (Wildman–Crippen MR) is 109 cm³/mol. The number of hydrogen-bond donors (Lipinski definition) is 0. The van der Waals surface area contributed by atoms with E-state index in [-0.39, 0.29) is 36.7 Å². The summed E-state index contributed by atoms with van der Waals surface area (Å²) >= 11 is 0. The van der Waals surface area contributed by atoms with Crippen LogP contribution in [0, 0.1) is 12.7 Å². The molecule has 1 amide bonds. The number of amides is 1. The Bertz CT molecular complexity index is 947. The van der Waals surface area contributed by atoms with Crippen molar-refractivity contribution in [2.75, 3.05) is 0 Å². The van der Waals surface area contributed by atoms with Crippen molar-refractivity contribution in [3.63, 3.8) is 0 Å². The zero-order valence-electron chi connectivity index (χ0n) is 17.2. The largest absolute Gasteiger partial charge is 0.460 e. The molecule has 0 N–H and O–H groups in total. The molecule has 0 radical (unpaired) electrons. The van der Waals surface area contributed by atoms with Crippen molar-refractivity contribution in [1.82, 2.24) is 4.90 Å². The first-order valence-electron chi connectivity index (χ1n) is 9.80. The van der Waals surface area contributed by atoms with Gasteiger partial charge < -0.3 is 9.64 Å². The number of carbonyl (C=O) groups excluding carboxylic acids is 2. The van der Waals surface area contributed by atoms with Gasteiger partial charge in [-0.15, -0.1) is 0 Å². The van der Waals surface area contributed by atoms with Gasteiger partial charge in [-0.3, -0.25) is 4.79 Å². The summed E-state index contributed by atoms with van der Waals surface area (Å²) in [5.74, 6) is -1.14. The Balaban J connectivity index is 2.04. The first-order valence-corrected chi connectivity index (χ1v) is 9.80. The first-order chi connectivity index (χ1) is 13.8. The Morgan fingerprint density at radius 1 is 1.14 bits per heavy atom. The van der Waals surface area contributed by atoms with Crippen LogP contribution in [0.25, 0.3) is 0 Å². The Kier molecular flexibility index (Phi) is 6.16. The summed E-state index contributed by atoms with van der Waals surface area (Å²) < 4.78 is 18.8. The second kappa shape index (κ2) is 8.60. The number of benzene rings is 2. The third-order valence-electron chi connectivity index (χ3n) is 5.20. The molecule has 1 aliphatic rings. The van der Waals surface area contributed by atoms with Gasteiger partial charge in [0.1, 0.15) is 5.82 Å². The number of allylic oxidation sites excluding steroid dienone is 1. The molecule has 1 aliphatic heterocycles. The van der Waals surface area contributed by atoms with E-state index in [2.05, 4.69) is 0 Å². The van der Waals surface area contributed by atoms with Crippen LogP contribution in [0.15, 0.2) is 59.8 Å². The second-order valence-electron chi connectivity index (χ2n) is 7.67. The number of aryl methyl sites for hydroxylation is 1. The minimum absolute atomic E-state index is 0.0684. The SMILES string of the molecule is CC1=C(C(=O)OC(C)C)C(c2ccccc2C)CC(=O)N1Cc1ccc(F)cc1. The number of rotatable bonds is 5. The molecule has 152 valence electrons. The maximum Gasteiger partial charge on any atom is 0.336 e. The van der Waals surface area contributed by atoms with E-state index in [9.17, 15) is 14.0 Å². The third-order valence-corrected chi connectivity index (χ3v) is 5.20. The molecule has 0 bridgehead atoms. The number of ether oxygens (including phenoxy) is 1. The smallest absolute Gasteiger partial charge is 0.336 e. The molecule has 29 heavy (non-hydrogen) atoms. The number of esters is 1. The van der Waals surface area contributed by atoms with E-state index in [0.29, 0.717) is 11.3 Å². The fourth-order valence-corrected chi connectivity index (χ4v) is 3.76. The highest BCUT2D eigenvalue weighted by Crippen LogP contribution is 2.39. The standard InChI is InChI=1S/C24H26FNO3/c1-15(2)29-24(28)23-17(4)26(14-18-9-11-19(25)12-10-18)22(27)13-21(23)20-8-6-5-7-16(20)3/h5-12,15,21H,13-14H2,1-4H3. The van der Waals surface area contributed by atoms with Crippen molar-refractivity contribution < 1.29 is 18.7 Å². The van der Waals surface area contributed by atoms with Crippen molar-refractivity contribution in [2.45, 2.75) is 52.7 Å². The molecule has 5 heteroatoms. The maximum absolute atomic E-state index is 13.2. The average molecular weight is 395 g/mol. The molecule has 2 aromatic rings. The molecule has 1 unspecified atom stereocenters. The summed E-state index contributed by atoms with van der Waals surface area (Å²) in [6.07, 6.45) is -0.0742. The summed E-state index contributed by atoms with van der Waals surface area (Å²) in [4.78, 5) is 27.6. The lowest BCUT2D eigenvalue weighted by atomic mass is 9.81. The monoisotopic (exact) mass is 395 g/mol. The van der Waals surface area contributed by atoms with Crippen molar-refractivity contribution in [3.8, 4) is 0 Å². The molecule has 0 saturated heterocycles. The second-order valence-corrected chi connectivity index (χ2v) is 7.67. The minimum atomic E-state index is -0.401. The van der Waals surface area contributed by atoms with Crippen molar-refractivity contribution >= 4 is 11.9 Å². The first kappa shape index (κ1) is 20.8. The maximum atomic E-state index is 13.2. The summed E-state index contributed by atoms with van der Waals surface area (Å²) in [5, 5.41) is 0. The van der Waals surface area contributed by atoms with Gasteiger partial charge in [0.25, 0.3) is 0 Å². The van der Waals surface area contributed by atoms with Crippen LogP contribution in [0.5, 0.6) is 0 Å². The average Bonchev–Trinajstić information content (AvgIpc) is 2.66. The Hall–Kier alpha value is -2.95. The molecule has 0 fully saturated rings. The van der Waals surface area contributed by atoms with Gasteiger partial charge in [-0.05, 0) is 56.5 Å². The molecule has 2 aromatic carbocycles. The molecule has 4 nitrogen and oxygen atoms in total. The van der Waals surface area contributed by atoms with E-state index in [4.69, 9.17) is 4.74 Å². The zero-order valence-corrected chi connectivity index (χ0v) is 17.2. The molecular weight excluding hydrogens is 369 g/mol. The van der Waals surface area contributed by atoms with Gasteiger partial charge in [-0.2, -0.15) is 0 Å². The fourth-order valence-electron chi connectivity index (χ4n) is 3.76. The van der Waals surface area contributed by atoms with Crippen LogP contribution in [0.1, 0.15) is 49.8 Å². The summed E-state index contributed by atoms with van der Waals surface area (Å²) in [7, 11) is 0. The van der Waals surface area contributed by atoms with Crippen molar-refractivity contribution in [3.05, 3.63) is 82.3 Å². The van der Waals surface area contributed by atoms with Gasteiger partial charge in [-0.25, -0.2) is 9.18 Å². The molecule has 1 atom stereocenters. The predicted octanol–water partition coefficient (Wildman–Crippen LogP) is 4.88. The number of hydrogen-bond acceptors (Lipinski definition) is 3. The van der Waals surface area contributed by atoms with E-state index in [1.165, 1.54) is 12.1 Å². The van der Waals surface area contributed by atoms with Gasteiger partial charge >= 0.3 is 5.97 Å². The lowest BCUT2D eigenvalue weighted by molar-refractivity contribution is -0.143. The van der Waals surface area contributed by atoms with Gasteiger partial charge in [0.05, 0.1) is 18.2 Å². The molecule has 0 spiro atoms. The van der Waals surface area contributed by atoms with Crippen LogP contribution < -0.4 is 0 Å². The van der Waals surface area contributed by atoms with Gasteiger partial charge in [0.15, 0.2) is 0 Å². The molecule has 3 rings (SSSR count). The Labute approximate surface area is 171 Å². The highest BCUT2D eigenvalue weighted by molar-refractivity contribution is 5.96. The quantitative estimate of drug-likeness (QED) is 0.678. The van der Waals surface area contributed by atoms with Gasteiger partial charge in [0.2, 0.25) is 5.91 Å². The highest BCUT2D eigenvalue weighted by atomic mass is 19.1. The zero-order chi connectivity index (χ0) is 21.1. The van der Waals surface area contributed by atoms with Crippen LogP contribution in [-0.2, 0) is 20.9 Å². The molecule has 1 heterocycles. The van der Waals surface area contributed by atoms with Crippen LogP contribution >= 0.6 is 0 Å². The molecule has 0 aliphatic carbocycles. The summed E-state index contributed by atoms with van der Waals surface area (Å²) in [5.41, 5.74) is 3.88. The van der Waals surface area contributed by atoms with Crippen molar-refractivity contribution in [1.29, 1.82) is 0 Å². The van der Waals surface area contributed by atoms with Crippen molar-refractivity contribution in [2.24, 2.45) is 0 Å². The van der Waals surface area contributed by atoms with E-state index < -0.39 is 5.97 Å². The lowest BCUT2D eigenvalue weighted by Crippen LogP contribution is -2.38. The summed E-state index contributed by atoms with van der Waals surface area (Å²) in [6.45, 7) is 7.65. The van der Waals surface area contributed by atoms with E-state index in [1.54, 1.807) is 37.8 Å². The Morgan fingerprint density at radius 2 is 1.79 bits per heavy atom. The third kappa shape index (κ3) is 4.56. The highest BCUT2D eigenvalue weighted by Gasteiger charge is 2.37. The topological polar surface area (TPSA) is 46.6 Å². The normalized spacial score (nSPS) is 17.1. The van der Waals surface area contributed by atoms with E-state index >= 15 is 0 Å². The van der Waals surface area contributed by atoms with E-state index in [0.717, 1.165) is 16.7 Å². The Morgan fingerprint density at radius 3 is 2.41 bits per heavy atom. The van der Waals surface area contributed by atoms with E-state index in [1.807, 2.05) is 31.2 Å². The lowest BCUT2D eigenvalue weighted by Gasteiger charge is -2.35. The van der Waals surface area contributed by atoms with Crippen LogP contribution in [-0.4, -0.2) is 22.9 Å².